The molecule has 0 aromatic heterocycles. The maximum atomic E-state index is 12.5. The summed E-state index contributed by atoms with van der Waals surface area (Å²) in [6.07, 6.45) is 3.57. The molecule has 5 nitrogen and oxygen atoms in total. The number of hydrogen-bond donors (Lipinski definition) is 0. The Morgan fingerprint density at radius 3 is 2.48 bits per heavy atom. The van der Waals surface area contributed by atoms with Crippen molar-refractivity contribution in [2.45, 2.75) is 39.2 Å². The Balaban J connectivity index is 1.45. The van der Waals surface area contributed by atoms with Gasteiger partial charge in [0.1, 0.15) is 0 Å². The third kappa shape index (κ3) is 1.95. The van der Waals surface area contributed by atoms with E-state index in [1.54, 1.807) is 0 Å². The zero-order valence-electron chi connectivity index (χ0n) is 13.7. The summed E-state index contributed by atoms with van der Waals surface area (Å²) in [4.78, 5) is 37.6. The second-order valence-corrected chi connectivity index (χ2v) is 7.94. The van der Waals surface area contributed by atoms with Gasteiger partial charge in [-0.2, -0.15) is 0 Å². The maximum absolute atomic E-state index is 12.5. The van der Waals surface area contributed by atoms with Gasteiger partial charge in [-0.3, -0.25) is 14.5 Å². The zero-order valence-corrected chi connectivity index (χ0v) is 13.7. The van der Waals surface area contributed by atoms with Crippen LogP contribution in [0.1, 0.15) is 33.1 Å². The number of carbonyl (C=O) groups excluding carboxylic acids is 3. The van der Waals surface area contributed by atoms with Crippen molar-refractivity contribution in [3.05, 3.63) is 12.2 Å². The SMILES string of the molecule is C=C(C)C(=O)OCC(=O)N1C(=O)C2C3CC(C4CC(C)CC43)C21. The Morgan fingerprint density at radius 2 is 1.83 bits per heavy atom. The van der Waals surface area contributed by atoms with Gasteiger partial charge in [0.2, 0.25) is 5.91 Å². The first kappa shape index (κ1) is 14.9. The second kappa shape index (κ2) is 4.92. The van der Waals surface area contributed by atoms with Crippen molar-refractivity contribution in [2.75, 3.05) is 6.61 Å². The van der Waals surface area contributed by atoms with Crippen molar-refractivity contribution in [3.8, 4) is 0 Å². The molecule has 23 heavy (non-hydrogen) atoms. The number of nitrogens with zero attached hydrogens (tertiary/aromatic N) is 1. The van der Waals surface area contributed by atoms with E-state index in [1.807, 2.05) is 0 Å². The first-order valence-electron chi connectivity index (χ1n) is 8.58. The molecular weight excluding hydrogens is 294 g/mol. The predicted octanol–water partition coefficient (Wildman–Crippen LogP) is 1.77. The van der Waals surface area contributed by atoms with Crippen LogP contribution in [-0.2, 0) is 19.1 Å². The molecule has 0 aromatic rings. The standard InChI is InChI=1S/C18H23NO4/c1-8(2)18(22)23-7-14(20)19-16-13-6-12(15(16)17(19)21)10-4-9(3)5-11(10)13/h9-13,15-16H,1,4-7H2,2-3H3. The van der Waals surface area contributed by atoms with Gasteiger partial charge in [0.25, 0.3) is 5.91 Å². The molecule has 5 heteroatoms. The third-order valence-electron chi connectivity index (χ3n) is 6.58. The van der Waals surface area contributed by atoms with Gasteiger partial charge in [0.15, 0.2) is 6.61 Å². The predicted molar refractivity (Wildman–Crippen MR) is 81.9 cm³/mol. The molecule has 4 fully saturated rings. The number of carbonyl (C=O) groups is 3. The monoisotopic (exact) mass is 317 g/mol. The molecule has 3 aliphatic carbocycles. The summed E-state index contributed by atoms with van der Waals surface area (Å²) >= 11 is 0. The van der Waals surface area contributed by atoms with Crippen LogP contribution in [0, 0.1) is 35.5 Å². The van der Waals surface area contributed by atoms with Crippen LogP contribution in [0.25, 0.3) is 0 Å². The van der Waals surface area contributed by atoms with Crippen molar-refractivity contribution in [1.29, 1.82) is 0 Å². The molecule has 4 aliphatic rings. The van der Waals surface area contributed by atoms with Crippen molar-refractivity contribution in [3.63, 3.8) is 0 Å². The number of β-lactam (4-membered cyclic amide) rings is 1. The van der Waals surface area contributed by atoms with E-state index in [9.17, 15) is 14.4 Å². The summed E-state index contributed by atoms with van der Waals surface area (Å²) < 4.78 is 4.92. The molecular formula is C18H23NO4. The lowest BCUT2D eigenvalue weighted by atomic mass is 9.67. The van der Waals surface area contributed by atoms with Crippen LogP contribution >= 0.6 is 0 Å². The molecule has 4 rings (SSSR count). The molecule has 1 saturated heterocycles. The largest absolute Gasteiger partial charge is 0.452 e. The maximum Gasteiger partial charge on any atom is 0.333 e. The smallest absolute Gasteiger partial charge is 0.333 e. The van der Waals surface area contributed by atoms with Crippen LogP contribution < -0.4 is 0 Å². The summed E-state index contributed by atoms with van der Waals surface area (Å²) in [6, 6.07) is 0.0649. The number of fused-ring (bicyclic) bond motifs is 8. The van der Waals surface area contributed by atoms with Crippen molar-refractivity contribution < 1.29 is 19.1 Å². The minimum atomic E-state index is -0.583. The number of ether oxygens (including phenoxy) is 1. The van der Waals surface area contributed by atoms with Crippen LogP contribution in [0.15, 0.2) is 12.2 Å². The number of rotatable bonds is 3. The molecule has 1 aliphatic heterocycles. The van der Waals surface area contributed by atoms with Gasteiger partial charge in [-0.05, 0) is 55.8 Å². The minimum absolute atomic E-state index is 0.0446. The lowest BCUT2D eigenvalue weighted by molar-refractivity contribution is -0.176. The average molecular weight is 317 g/mol. The van der Waals surface area contributed by atoms with Crippen LogP contribution in [0.3, 0.4) is 0 Å². The van der Waals surface area contributed by atoms with E-state index in [1.165, 1.54) is 24.7 Å². The first-order valence-corrected chi connectivity index (χ1v) is 8.58. The van der Waals surface area contributed by atoms with Crippen LogP contribution in [0.5, 0.6) is 0 Å². The summed E-state index contributed by atoms with van der Waals surface area (Å²) in [6.45, 7) is 6.96. The van der Waals surface area contributed by atoms with Gasteiger partial charge in [-0.25, -0.2) is 4.79 Å². The lowest BCUT2D eigenvalue weighted by Crippen LogP contribution is -2.67. The quantitative estimate of drug-likeness (QED) is 0.452. The highest BCUT2D eigenvalue weighted by molar-refractivity contribution is 6.04. The van der Waals surface area contributed by atoms with E-state index in [0.29, 0.717) is 23.7 Å². The molecule has 124 valence electrons. The molecule has 1 heterocycles. The Labute approximate surface area is 136 Å². The van der Waals surface area contributed by atoms with Crippen LogP contribution in [-0.4, -0.2) is 35.3 Å². The van der Waals surface area contributed by atoms with E-state index >= 15 is 0 Å². The molecule has 3 saturated carbocycles. The third-order valence-corrected chi connectivity index (χ3v) is 6.58. The van der Waals surface area contributed by atoms with Gasteiger partial charge in [-0.1, -0.05) is 13.5 Å². The van der Waals surface area contributed by atoms with E-state index in [2.05, 4.69) is 13.5 Å². The van der Waals surface area contributed by atoms with Crippen molar-refractivity contribution >= 4 is 17.8 Å². The lowest BCUT2D eigenvalue weighted by Gasteiger charge is -2.51. The molecule has 0 N–H and O–H groups in total. The highest BCUT2D eigenvalue weighted by Gasteiger charge is 2.70. The fraction of sp³-hybridized carbons (Fsp3) is 0.722. The van der Waals surface area contributed by atoms with Crippen LogP contribution in [0.4, 0.5) is 0 Å². The fourth-order valence-electron chi connectivity index (χ4n) is 5.86. The van der Waals surface area contributed by atoms with E-state index in [-0.39, 0.29) is 36.0 Å². The number of imide groups is 1. The molecule has 7 unspecified atom stereocenters. The Bertz CT molecular complexity index is 612. The number of hydrogen-bond acceptors (Lipinski definition) is 4. The van der Waals surface area contributed by atoms with Gasteiger partial charge in [0, 0.05) is 5.57 Å². The normalized spacial score (nSPS) is 43.0. The fourth-order valence-corrected chi connectivity index (χ4v) is 5.86. The second-order valence-electron chi connectivity index (χ2n) is 7.94. The van der Waals surface area contributed by atoms with Crippen molar-refractivity contribution in [2.24, 2.45) is 35.5 Å². The summed E-state index contributed by atoms with van der Waals surface area (Å²) in [5, 5.41) is 0. The van der Waals surface area contributed by atoms with Crippen LogP contribution in [0.2, 0.25) is 0 Å². The molecule has 0 spiro atoms. The van der Waals surface area contributed by atoms with E-state index < -0.39 is 5.97 Å². The topological polar surface area (TPSA) is 63.7 Å². The highest BCUT2D eigenvalue weighted by Crippen LogP contribution is 2.66. The zero-order chi connectivity index (χ0) is 16.5. The average Bonchev–Trinajstić information content (AvgIpc) is 3.11. The molecule has 0 aromatic carbocycles. The summed E-state index contributed by atoms with van der Waals surface area (Å²) in [7, 11) is 0. The minimum Gasteiger partial charge on any atom is -0.452 e. The van der Waals surface area contributed by atoms with Gasteiger partial charge >= 0.3 is 5.97 Å². The molecule has 2 amide bonds. The first-order chi connectivity index (χ1) is 10.9. The molecule has 7 atom stereocenters. The van der Waals surface area contributed by atoms with E-state index in [4.69, 9.17) is 4.74 Å². The number of esters is 1. The number of likely N-dealkylation sites (tertiary alicyclic amines) is 1. The van der Waals surface area contributed by atoms with E-state index in [0.717, 1.165) is 12.3 Å². The summed E-state index contributed by atoms with van der Waals surface area (Å²) in [5.41, 5.74) is 0.258. The van der Waals surface area contributed by atoms with Gasteiger partial charge in [-0.15, -0.1) is 0 Å². The van der Waals surface area contributed by atoms with Gasteiger partial charge < -0.3 is 4.74 Å². The summed E-state index contributed by atoms with van der Waals surface area (Å²) in [5.74, 6) is 2.11. The Hall–Kier alpha value is -1.65. The number of amides is 2. The van der Waals surface area contributed by atoms with Gasteiger partial charge in [0.05, 0.1) is 12.0 Å². The molecule has 0 radical (unpaired) electrons. The van der Waals surface area contributed by atoms with Crippen molar-refractivity contribution in [1.82, 2.24) is 4.90 Å². The highest BCUT2D eigenvalue weighted by atomic mass is 16.5. The Morgan fingerprint density at radius 1 is 1.17 bits per heavy atom. The molecule has 2 bridgehead atoms. The Kier molecular flexibility index (Phi) is 3.19.